The number of alkyl carbamates (subject to hydrolysis) is 1. The average molecular weight is 378 g/mol. The summed E-state index contributed by atoms with van der Waals surface area (Å²) in [5, 5.41) is 2.75. The van der Waals surface area contributed by atoms with Gasteiger partial charge in [-0.05, 0) is 40.0 Å². The Bertz CT molecular complexity index is 753. The summed E-state index contributed by atoms with van der Waals surface area (Å²) in [5.74, 6) is 0.317. The molecule has 9 nitrogen and oxygen atoms in total. The van der Waals surface area contributed by atoms with Crippen molar-refractivity contribution in [2.75, 3.05) is 18.9 Å². The van der Waals surface area contributed by atoms with Crippen LogP contribution in [0, 0.1) is 0 Å². The molecule has 0 saturated carbocycles. The van der Waals surface area contributed by atoms with Crippen molar-refractivity contribution in [2.45, 2.75) is 65.5 Å². The van der Waals surface area contributed by atoms with Gasteiger partial charge in [-0.3, -0.25) is 0 Å². The molecule has 0 saturated heterocycles. The number of imidazole rings is 1. The number of hydrogen-bond acceptors (Lipinski definition) is 7. The average Bonchev–Trinajstić information content (AvgIpc) is 2.97. The van der Waals surface area contributed by atoms with Crippen molar-refractivity contribution in [2.24, 2.45) is 0 Å². The predicted molar refractivity (Wildman–Crippen MR) is 104 cm³/mol. The molecule has 3 N–H and O–H groups in total. The fourth-order valence-corrected chi connectivity index (χ4v) is 2.39. The van der Waals surface area contributed by atoms with Crippen molar-refractivity contribution in [1.29, 1.82) is 0 Å². The van der Waals surface area contributed by atoms with Crippen molar-refractivity contribution in [3.8, 4) is 6.01 Å². The Morgan fingerprint density at radius 2 is 2.04 bits per heavy atom. The van der Waals surface area contributed by atoms with Crippen LogP contribution in [0.3, 0.4) is 0 Å². The Balaban J connectivity index is 1.86. The van der Waals surface area contributed by atoms with E-state index in [2.05, 4.69) is 27.2 Å². The Kier molecular flexibility index (Phi) is 7.20. The minimum Gasteiger partial charge on any atom is -0.463 e. The first-order chi connectivity index (χ1) is 12.8. The number of amides is 1. The molecule has 27 heavy (non-hydrogen) atoms. The molecule has 0 aliphatic rings. The number of anilines is 1. The number of nitrogens with two attached hydrogens (primary N) is 1. The number of nitrogen functional groups attached to an aromatic ring is 1. The van der Waals surface area contributed by atoms with Crippen LogP contribution in [0.1, 0.15) is 53.4 Å². The lowest BCUT2D eigenvalue weighted by Crippen LogP contribution is -2.33. The van der Waals surface area contributed by atoms with Gasteiger partial charge in [0, 0.05) is 13.1 Å². The van der Waals surface area contributed by atoms with E-state index in [0.717, 1.165) is 25.7 Å². The number of unbranched alkanes of at least 4 members (excludes halogenated alkanes) is 2. The summed E-state index contributed by atoms with van der Waals surface area (Å²) in [6.45, 7) is 9.42. The van der Waals surface area contributed by atoms with Crippen molar-refractivity contribution < 1.29 is 14.3 Å². The van der Waals surface area contributed by atoms with E-state index in [9.17, 15) is 4.79 Å². The molecular formula is C18H30N6O3. The van der Waals surface area contributed by atoms with Crippen LogP contribution in [0.5, 0.6) is 6.01 Å². The molecule has 0 spiro atoms. The Morgan fingerprint density at radius 1 is 1.26 bits per heavy atom. The number of fused-ring (bicyclic) bond motifs is 1. The molecule has 2 aromatic heterocycles. The van der Waals surface area contributed by atoms with Gasteiger partial charge < -0.3 is 25.1 Å². The number of ether oxygens (including phenoxy) is 2. The maximum Gasteiger partial charge on any atom is 0.407 e. The summed E-state index contributed by atoms with van der Waals surface area (Å²) < 4.78 is 12.7. The molecule has 2 rings (SSSR count). The van der Waals surface area contributed by atoms with Gasteiger partial charge in [-0.2, -0.15) is 9.97 Å². The quantitative estimate of drug-likeness (QED) is 0.644. The molecular weight excluding hydrogens is 348 g/mol. The van der Waals surface area contributed by atoms with Crippen molar-refractivity contribution in [3.63, 3.8) is 0 Å². The highest BCUT2D eigenvalue weighted by molar-refractivity contribution is 5.81. The zero-order valence-corrected chi connectivity index (χ0v) is 16.6. The van der Waals surface area contributed by atoms with Gasteiger partial charge in [-0.15, -0.1) is 0 Å². The van der Waals surface area contributed by atoms with Gasteiger partial charge >= 0.3 is 12.1 Å². The number of aryl methyl sites for hydroxylation is 1. The van der Waals surface area contributed by atoms with Gasteiger partial charge in [0.05, 0.1) is 12.9 Å². The molecule has 1 amide bonds. The topological polar surface area (TPSA) is 117 Å². The SMILES string of the molecule is CCCCOc1nc(N)c2ncn(CCCCNC(=O)OC(C)(C)C)c2n1. The molecule has 9 heteroatoms. The second-order valence-corrected chi connectivity index (χ2v) is 7.34. The summed E-state index contributed by atoms with van der Waals surface area (Å²) in [7, 11) is 0. The number of nitrogens with one attached hydrogen (secondary N) is 1. The van der Waals surface area contributed by atoms with Crippen LogP contribution in [0.25, 0.3) is 11.2 Å². The molecule has 2 aromatic rings. The summed E-state index contributed by atoms with van der Waals surface area (Å²) in [4.78, 5) is 24.5. The predicted octanol–water partition coefficient (Wildman–Crippen LogP) is 2.89. The van der Waals surface area contributed by atoms with Crippen LogP contribution in [-0.4, -0.2) is 44.4 Å². The van der Waals surface area contributed by atoms with Crippen LogP contribution in [0.15, 0.2) is 6.33 Å². The van der Waals surface area contributed by atoms with Gasteiger partial charge in [0.25, 0.3) is 0 Å². The van der Waals surface area contributed by atoms with Crippen molar-refractivity contribution >= 4 is 23.1 Å². The second-order valence-electron chi connectivity index (χ2n) is 7.34. The van der Waals surface area contributed by atoms with Crippen molar-refractivity contribution in [3.05, 3.63) is 6.33 Å². The number of rotatable bonds is 9. The van der Waals surface area contributed by atoms with E-state index >= 15 is 0 Å². The summed E-state index contributed by atoms with van der Waals surface area (Å²) in [5.41, 5.74) is 6.71. The molecule has 0 aromatic carbocycles. The molecule has 0 radical (unpaired) electrons. The standard InChI is InChI=1S/C18H30N6O3/c1-5-6-11-26-16-22-14(19)13-15(23-16)24(12-21-13)10-8-7-9-20-17(25)27-18(2,3)4/h12H,5-11H2,1-4H3,(H,20,25)(H2,19,22,23). The van der Waals surface area contributed by atoms with Gasteiger partial charge in [-0.1, -0.05) is 13.3 Å². The molecule has 0 aliphatic heterocycles. The number of carbonyl (C=O) groups is 1. The van der Waals surface area contributed by atoms with Gasteiger partial charge in [0.1, 0.15) is 11.1 Å². The summed E-state index contributed by atoms with van der Waals surface area (Å²) >= 11 is 0. The number of nitrogens with zero attached hydrogens (tertiary/aromatic N) is 4. The molecule has 0 atom stereocenters. The van der Waals surface area contributed by atoms with Crippen LogP contribution in [0.2, 0.25) is 0 Å². The lowest BCUT2D eigenvalue weighted by atomic mass is 10.2. The second kappa shape index (κ2) is 9.38. The molecule has 0 aliphatic carbocycles. The molecule has 0 unspecified atom stereocenters. The minimum atomic E-state index is -0.490. The monoisotopic (exact) mass is 378 g/mol. The number of aromatic nitrogens is 4. The first kappa shape index (κ1) is 20.7. The molecule has 0 bridgehead atoms. The number of hydrogen-bond donors (Lipinski definition) is 2. The lowest BCUT2D eigenvalue weighted by Gasteiger charge is -2.19. The Labute approximate surface area is 159 Å². The van der Waals surface area contributed by atoms with E-state index in [4.69, 9.17) is 15.2 Å². The molecule has 0 fully saturated rings. The Morgan fingerprint density at radius 3 is 2.74 bits per heavy atom. The first-order valence-electron chi connectivity index (χ1n) is 9.38. The third-order valence-electron chi connectivity index (χ3n) is 3.69. The van der Waals surface area contributed by atoms with Crippen molar-refractivity contribution in [1.82, 2.24) is 24.8 Å². The Hall–Kier alpha value is -2.58. The van der Waals surface area contributed by atoms with Gasteiger partial charge in [0.2, 0.25) is 0 Å². The van der Waals surface area contributed by atoms with Gasteiger partial charge in [-0.25, -0.2) is 9.78 Å². The fraction of sp³-hybridized carbons (Fsp3) is 0.667. The third kappa shape index (κ3) is 6.58. The van der Waals surface area contributed by atoms with E-state index in [1.54, 1.807) is 6.33 Å². The van der Waals surface area contributed by atoms with Crippen LogP contribution in [0.4, 0.5) is 10.6 Å². The van der Waals surface area contributed by atoms with E-state index in [1.807, 2.05) is 25.3 Å². The number of carbonyl (C=O) groups excluding carboxylic acids is 1. The van der Waals surface area contributed by atoms with Gasteiger partial charge in [0.15, 0.2) is 11.5 Å². The first-order valence-corrected chi connectivity index (χ1v) is 9.38. The zero-order valence-electron chi connectivity index (χ0n) is 16.6. The smallest absolute Gasteiger partial charge is 0.407 e. The highest BCUT2D eigenvalue weighted by Crippen LogP contribution is 2.19. The highest BCUT2D eigenvalue weighted by Gasteiger charge is 2.15. The maximum atomic E-state index is 11.6. The highest BCUT2D eigenvalue weighted by atomic mass is 16.6. The normalized spacial score (nSPS) is 11.6. The summed E-state index contributed by atoms with van der Waals surface area (Å²) in [6, 6.07) is 0.279. The molecule has 2 heterocycles. The van der Waals surface area contributed by atoms with E-state index in [1.165, 1.54) is 0 Å². The lowest BCUT2D eigenvalue weighted by molar-refractivity contribution is 0.0527. The van der Waals surface area contributed by atoms with Crippen LogP contribution >= 0.6 is 0 Å². The summed E-state index contributed by atoms with van der Waals surface area (Å²) in [6.07, 6.45) is 4.92. The van der Waals surface area contributed by atoms with E-state index in [0.29, 0.717) is 36.7 Å². The fourth-order valence-electron chi connectivity index (χ4n) is 2.39. The molecule has 150 valence electrons. The third-order valence-corrected chi connectivity index (χ3v) is 3.69. The van der Waals surface area contributed by atoms with E-state index < -0.39 is 11.7 Å². The van der Waals surface area contributed by atoms with Crippen LogP contribution < -0.4 is 15.8 Å². The zero-order chi connectivity index (χ0) is 19.9. The largest absolute Gasteiger partial charge is 0.463 e. The maximum absolute atomic E-state index is 11.6. The minimum absolute atomic E-state index is 0.279. The van der Waals surface area contributed by atoms with Crippen LogP contribution in [-0.2, 0) is 11.3 Å². The van der Waals surface area contributed by atoms with E-state index in [-0.39, 0.29) is 6.01 Å².